The lowest BCUT2D eigenvalue weighted by Gasteiger charge is -2.36. The summed E-state index contributed by atoms with van der Waals surface area (Å²) in [7, 11) is 0. The zero-order chi connectivity index (χ0) is 14.7. The monoisotopic (exact) mass is 287 g/mol. The molecular weight excluding hydrogens is 269 g/mol. The van der Waals surface area contributed by atoms with Crippen LogP contribution in [-0.2, 0) is 0 Å². The Morgan fingerprint density at radius 3 is 2.16 bits per heavy atom. The van der Waals surface area contributed by atoms with Gasteiger partial charge in [-0.3, -0.25) is 5.01 Å². The van der Waals surface area contributed by atoms with Crippen molar-refractivity contribution < 1.29 is 22.0 Å². The molecule has 0 spiro atoms. The van der Waals surface area contributed by atoms with Crippen LogP contribution in [0.25, 0.3) is 0 Å². The quantitative estimate of drug-likeness (QED) is 0.698. The van der Waals surface area contributed by atoms with Crippen molar-refractivity contribution in [1.82, 2.24) is 9.91 Å². The second-order valence-electron chi connectivity index (χ2n) is 4.48. The highest BCUT2D eigenvalue weighted by molar-refractivity contribution is 5.57. The zero-order valence-electron chi connectivity index (χ0n) is 10.9. The van der Waals surface area contributed by atoms with Crippen LogP contribution in [0.1, 0.15) is 33.1 Å². The van der Waals surface area contributed by atoms with Gasteiger partial charge in [0.25, 0.3) is 0 Å². The van der Waals surface area contributed by atoms with Crippen LogP contribution in [0.5, 0.6) is 0 Å². The van der Waals surface area contributed by atoms with Crippen molar-refractivity contribution in [2.24, 2.45) is 5.10 Å². The van der Waals surface area contributed by atoms with E-state index in [0.717, 1.165) is 16.2 Å². The van der Waals surface area contributed by atoms with Gasteiger partial charge in [-0.05, 0) is 12.8 Å². The Balaban J connectivity index is 2.93. The van der Waals surface area contributed by atoms with E-state index in [0.29, 0.717) is 19.3 Å². The third kappa shape index (κ3) is 3.27. The van der Waals surface area contributed by atoms with Gasteiger partial charge in [-0.25, -0.2) is 0 Å². The molecule has 0 radical (unpaired) electrons. The summed E-state index contributed by atoms with van der Waals surface area (Å²) in [6.45, 7) is 3.75. The number of rotatable bonds is 6. The highest BCUT2D eigenvalue weighted by Gasteiger charge is 2.66. The Bertz CT molecular complexity index is 316. The molecule has 0 saturated heterocycles. The van der Waals surface area contributed by atoms with Crippen molar-refractivity contribution in [3.05, 3.63) is 0 Å². The maximum atomic E-state index is 13.6. The van der Waals surface area contributed by atoms with E-state index in [-0.39, 0.29) is 13.1 Å². The number of nitrogens with zero attached hydrogens (tertiary/aromatic N) is 3. The highest BCUT2D eigenvalue weighted by atomic mass is 19.4. The first-order valence-electron chi connectivity index (χ1n) is 6.26. The number of alkyl halides is 5. The lowest BCUT2D eigenvalue weighted by atomic mass is 10.2. The van der Waals surface area contributed by atoms with Crippen molar-refractivity contribution in [3.63, 3.8) is 0 Å². The molecule has 0 aliphatic carbocycles. The van der Waals surface area contributed by atoms with Gasteiger partial charge < -0.3 is 4.90 Å². The molecule has 1 rings (SSSR count). The Morgan fingerprint density at radius 2 is 1.68 bits per heavy atom. The van der Waals surface area contributed by atoms with E-state index in [2.05, 4.69) is 5.10 Å². The van der Waals surface area contributed by atoms with E-state index in [1.807, 2.05) is 6.92 Å². The summed E-state index contributed by atoms with van der Waals surface area (Å²) < 4.78 is 64.8. The minimum absolute atomic E-state index is 0.0869. The molecule has 0 amide bonds. The predicted molar refractivity (Wildman–Crippen MR) is 61.9 cm³/mol. The zero-order valence-corrected chi connectivity index (χ0v) is 10.9. The van der Waals surface area contributed by atoms with E-state index >= 15 is 0 Å². The molecule has 0 bridgehead atoms. The fourth-order valence-electron chi connectivity index (χ4n) is 1.91. The van der Waals surface area contributed by atoms with Crippen molar-refractivity contribution in [2.45, 2.75) is 51.4 Å². The summed E-state index contributed by atoms with van der Waals surface area (Å²) in [5.74, 6) is -4.81. The largest absolute Gasteiger partial charge is 0.457 e. The van der Waals surface area contributed by atoms with Gasteiger partial charge in [0, 0.05) is 13.1 Å². The van der Waals surface area contributed by atoms with Gasteiger partial charge in [0.2, 0.25) is 0 Å². The highest BCUT2D eigenvalue weighted by Crippen LogP contribution is 2.42. The van der Waals surface area contributed by atoms with Gasteiger partial charge in [0.15, 0.2) is 6.17 Å². The summed E-state index contributed by atoms with van der Waals surface area (Å²) in [5, 5.41) is 4.53. The predicted octanol–water partition coefficient (Wildman–Crippen LogP) is 3.28. The van der Waals surface area contributed by atoms with Crippen LogP contribution >= 0.6 is 0 Å². The lowest BCUT2D eigenvalue weighted by molar-refractivity contribution is -0.314. The van der Waals surface area contributed by atoms with E-state index in [1.54, 1.807) is 6.92 Å². The number of hydrogen-bond acceptors (Lipinski definition) is 3. The van der Waals surface area contributed by atoms with Crippen LogP contribution in [0.4, 0.5) is 22.0 Å². The normalized spacial score (nSPS) is 20.5. The van der Waals surface area contributed by atoms with Crippen molar-refractivity contribution >= 4 is 6.34 Å². The van der Waals surface area contributed by atoms with Gasteiger partial charge in [-0.15, -0.1) is 0 Å². The van der Waals surface area contributed by atoms with Crippen molar-refractivity contribution in [2.75, 3.05) is 13.1 Å². The summed E-state index contributed by atoms with van der Waals surface area (Å²) in [6.07, 6.45) is -4.89. The second-order valence-corrected chi connectivity index (χ2v) is 4.48. The van der Waals surface area contributed by atoms with Crippen LogP contribution in [0.2, 0.25) is 0 Å². The van der Waals surface area contributed by atoms with Crippen LogP contribution in [0.15, 0.2) is 5.10 Å². The van der Waals surface area contributed by atoms with Crippen LogP contribution in [-0.4, -0.2) is 47.6 Å². The Morgan fingerprint density at radius 1 is 1.05 bits per heavy atom. The van der Waals surface area contributed by atoms with E-state index in [1.165, 1.54) is 0 Å². The average molecular weight is 287 g/mol. The smallest absolute Gasteiger partial charge is 0.334 e. The maximum Gasteiger partial charge on any atom is 0.457 e. The average Bonchev–Trinajstić information content (AvgIpc) is 2.69. The standard InChI is InChI=1S/C11H18F5N3/c1-3-5-7-19-9(10(12,13)11(14,15)16)18(6-4-2)8-17-19/h8-9H,3-7H2,1-2H3. The van der Waals surface area contributed by atoms with Gasteiger partial charge in [-0.2, -0.15) is 27.1 Å². The van der Waals surface area contributed by atoms with Crippen molar-refractivity contribution in [3.8, 4) is 0 Å². The molecule has 0 aromatic heterocycles. The fraction of sp³-hybridized carbons (Fsp3) is 0.909. The Kier molecular flexibility index (Phi) is 4.98. The first kappa shape index (κ1) is 16.0. The number of halogens is 5. The third-order valence-corrected chi connectivity index (χ3v) is 2.87. The molecule has 1 atom stereocenters. The van der Waals surface area contributed by atoms with E-state index in [4.69, 9.17) is 0 Å². The van der Waals surface area contributed by atoms with Gasteiger partial charge >= 0.3 is 12.1 Å². The molecule has 0 aromatic rings. The molecule has 0 N–H and O–H groups in total. The van der Waals surface area contributed by atoms with Crippen LogP contribution in [0, 0.1) is 0 Å². The molecule has 19 heavy (non-hydrogen) atoms. The first-order valence-corrected chi connectivity index (χ1v) is 6.26. The molecule has 8 heteroatoms. The Labute approximate surface area is 109 Å². The van der Waals surface area contributed by atoms with Crippen LogP contribution in [0.3, 0.4) is 0 Å². The maximum absolute atomic E-state index is 13.6. The molecule has 0 aromatic carbocycles. The van der Waals surface area contributed by atoms with E-state index < -0.39 is 18.3 Å². The number of hydrogen-bond donors (Lipinski definition) is 0. The van der Waals surface area contributed by atoms with Gasteiger partial charge in [0.05, 0.1) is 0 Å². The molecule has 0 fully saturated rings. The van der Waals surface area contributed by atoms with E-state index in [9.17, 15) is 22.0 Å². The topological polar surface area (TPSA) is 18.8 Å². The number of hydrazone groups is 1. The summed E-state index contributed by atoms with van der Waals surface area (Å²) in [6, 6.07) is 0. The Hall–Kier alpha value is -1.08. The minimum atomic E-state index is -5.58. The molecule has 1 heterocycles. The molecule has 0 saturated carbocycles. The summed E-state index contributed by atoms with van der Waals surface area (Å²) in [5.41, 5.74) is 0. The molecular formula is C11H18F5N3. The fourth-order valence-corrected chi connectivity index (χ4v) is 1.91. The molecule has 3 nitrogen and oxygen atoms in total. The summed E-state index contributed by atoms with van der Waals surface area (Å²) >= 11 is 0. The molecule has 1 aliphatic rings. The SMILES string of the molecule is CCCCN1N=CN(CCC)C1C(F)(F)C(F)(F)F. The third-order valence-electron chi connectivity index (χ3n) is 2.87. The molecule has 1 unspecified atom stereocenters. The number of unbranched alkanes of at least 4 members (excludes halogenated alkanes) is 1. The molecule has 1 aliphatic heterocycles. The van der Waals surface area contributed by atoms with Crippen LogP contribution < -0.4 is 0 Å². The van der Waals surface area contributed by atoms with Crippen molar-refractivity contribution in [1.29, 1.82) is 0 Å². The van der Waals surface area contributed by atoms with Gasteiger partial charge in [0.1, 0.15) is 6.34 Å². The lowest BCUT2D eigenvalue weighted by Crippen LogP contribution is -2.59. The van der Waals surface area contributed by atoms with Gasteiger partial charge in [-0.1, -0.05) is 20.3 Å². The minimum Gasteiger partial charge on any atom is -0.334 e. The summed E-state index contributed by atoms with van der Waals surface area (Å²) in [4.78, 5) is 0.961. The second kappa shape index (κ2) is 5.92. The first-order chi connectivity index (χ1) is 8.75. The molecule has 112 valence electrons.